The van der Waals surface area contributed by atoms with E-state index in [4.69, 9.17) is 19.4 Å². The fraction of sp³-hybridized carbons (Fsp3) is 0.0625. The predicted molar refractivity (Wildman–Crippen MR) is 76.8 cm³/mol. The molecule has 2 aromatic carbocycles. The summed E-state index contributed by atoms with van der Waals surface area (Å²) in [5.74, 6) is 0.654. The lowest BCUT2D eigenvalue weighted by Crippen LogP contribution is -2.13. The van der Waals surface area contributed by atoms with Gasteiger partial charge in [-0.3, -0.25) is 4.79 Å². The van der Waals surface area contributed by atoms with Crippen LogP contribution in [0.4, 0.5) is 0 Å². The summed E-state index contributed by atoms with van der Waals surface area (Å²) < 4.78 is 10.4. The first-order valence-electron chi connectivity index (χ1n) is 6.29. The minimum atomic E-state index is -1.93. The quantitative estimate of drug-likeness (QED) is 0.720. The van der Waals surface area contributed by atoms with Gasteiger partial charge in [0.2, 0.25) is 0 Å². The molecule has 5 nitrogen and oxygen atoms in total. The summed E-state index contributed by atoms with van der Waals surface area (Å²) >= 11 is 0. The molecule has 0 spiro atoms. The Morgan fingerprint density at radius 2 is 1.76 bits per heavy atom. The third-order valence-corrected chi connectivity index (χ3v) is 3.00. The SMILES string of the molecule is O=c1cc(-c2ccccc2)oc2ccc(OC(O)O)cc12. The van der Waals surface area contributed by atoms with Gasteiger partial charge in [0.1, 0.15) is 17.1 Å². The number of hydrogen-bond donors (Lipinski definition) is 2. The Labute approximate surface area is 119 Å². The van der Waals surface area contributed by atoms with Gasteiger partial charge >= 0.3 is 6.48 Å². The molecule has 0 saturated heterocycles. The third-order valence-electron chi connectivity index (χ3n) is 3.00. The zero-order valence-electron chi connectivity index (χ0n) is 10.9. The molecule has 3 aromatic rings. The van der Waals surface area contributed by atoms with E-state index in [0.29, 0.717) is 16.7 Å². The Hall–Kier alpha value is -2.63. The van der Waals surface area contributed by atoms with Crippen LogP contribution in [0.15, 0.2) is 63.8 Å². The largest absolute Gasteiger partial charge is 0.456 e. The van der Waals surface area contributed by atoms with Crippen molar-refractivity contribution in [1.29, 1.82) is 0 Å². The molecular weight excluding hydrogens is 272 g/mol. The number of fused-ring (bicyclic) bond motifs is 1. The van der Waals surface area contributed by atoms with Crippen LogP contribution in [-0.2, 0) is 0 Å². The summed E-state index contributed by atoms with van der Waals surface area (Å²) in [5, 5.41) is 17.9. The van der Waals surface area contributed by atoms with Crippen LogP contribution in [0.1, 0.15) is 0 Å². The standard InChI is InChI=1S/C16H12O5/c17-13-9-15(10-4-2-1-3-5-10)21-14-7-6-11(8-12(13)14)20-16(18)19/h1-9,16,18-19H. The van der Waals surface area contributed by atoms with Gasteiger partial charge in [-0.05, 0) is 18.2 Å². The van der Waals surface area contributed by atoms with Gasteiger partial charge in [-0.15, -0.1) is 0 Å². The molecule has 106 valence electrons. The Morgan fingerprint density at radius 3 is 2.48 bits per heavy atom. The highest BCUT2D eigenvalue weighted by Gasteiger charge is 2.09. The second kappa shape index (κ2) is 5.40. The van der Waals surface area contributed by atoms with Crippen LogP contribution in [0.3, 0.4) is 0 Å². The van der Waals surface area contributed by atoms with Gasteiger partial charge in [0.15, 0.2) is 5.43 Å². The van der Waals surface area contributed by atoms with Gasteiger partial charge in [-0.2, -0.15) is 0 Å². The fourth-order valence-electron chi connectivity index (χ4n) is 2.08. The molecule has 1 heterocycles. The van der Waals surface area contributed by atoms with Crippen LogP contribution in [-0.4, -0.2) is 16.7 Å². The van der Waals surface area contributed by atoms with Crippen LogP contribution in [0.2, 0.25) is 0 Å². The summed E-state index contributed by atoms with van der Waals surface area (Å²) in [7, 11) is 0. The van der Waals surface area contributed by atoms with E-state index in [1.807, 2.05) is 30.3 Å². The highest BCUT2D eigenvalue weighted by molar-refractivity contribution is 5.80. The summed E-state index contributed by atoms with van der Waals surface area (Å²) in [6, 6.07) is 15.2. The molecule has 0 atom stereocenters. The first kappa shape index (κ1) is 13.4. The van der Waals surface area contributed by atoms with Gasteiger partial charge in [0, 0.05) is 11.6 Å². The smallest absolute Gasteiger partial charge is 0.310 e. The van der Waals surface area contributed by atoms with Crippen molar-refractivity contribution in [2.45, 2.75) is 6.48 Å². The molecule has 5 heteroatoms. The molecule has 0 aliphatic carbocycles. The van der Waals surface area contributed by atoms with Crippen molar-refractivity contribution in [2.24, 2.45) is 0 Å². The second-order valence-corrected chi connectivity index (χ2v) is 4.44. The Kier molecular flexibility index (Phi) is 3.43. The van der Waals surface area contributed by atoms with Crippen molar-refractivity contribution < 1.29 is 19.4 Å². The highest BCUT2D eigenvalue weighted by Crippen LogP contribution is 2.24. The molecular formula is C16H12O5. The Balaban J connectivity index is 2.11. The molecule has 0 amide bonds. The van der Waals surface area contributed by atoms with Crippen molar-refractivity contribution in [3.63, 3.8) is 0 Å². The minimum Gasteiger partial charge on any atom is -0.456 e. The molecule has 0 aliphatic heterocycles. The number of hydrogen-bond acceptors (Lipinski definition) is 5. The maximum absolute atomic E-state index is 12.2. The first-order chi connectivity index (χ1) is 10.1. The van der Waals surface area contributed by atoms with Crippen LogP contribution in [0, 0.1) is 0 Å². The lowest BCUT2D eigenvalue weighted by molar-refractivity contribution is -0.179. The molecule has 21 heavy (non-hydrogen) atoms. The minimum absolute atomic E-state index is 0.178. The summed E-state index contributed by atoms with van der Waals surface area (Å²) in [6.07, 6.45) is 0. The van der Waals surface area contributed by atoms with E-state index in [-0.39, 0.29) is 11.2 Å². The molecule has 0 aliphatic rings. The monoisotopic (exact) mass is 284 g/mol. The van der Waals surface area contributed by atoms with Crippen molar-refractivity contribution in [2.75, 3.05) is 0 Å². The zero-order chi connectivity index (χ0) is 14.8. The maximum Gasteiger partial charge on any atom is 0.310 e. The molecule has 3 rings (SSSR count). The van der Waals surface area contributed by atoms with Crippen molar-refractivity contribution >= 4 is 11.0 Å². The molecule has 0 fully saturated rings. The van der Waals surface area contributed by atoms with Gasteiger partial charge in [-0.25, -0.2) is 0 Å². The van der Waals surface area contributed by atoms with Crippen LogP contribution < -0.4 is 10.2 Å². The summed E-state index contributed by atoms with van der Waals surface area (Å²) in [5.41, 5.74) is 0.983. The van der Waals surface area contributed by atoms with Gasteiger partial charge in [-0.1, -0.05) is 30.3 Å². The Bertz CT molecular complexity index is 821. The number of ether oxygens (including phenoxy) is 1. The first-order valence-corrected chi connectivity index (χ1v) is 6.29. The summed E-state index contributed by atoms with van der Waals surface area (Å²) in [6.45, 7) is -1.93. The maximum atomic E-state index is 12.2. The highest BCUT2D eigenvalue weighted by atomic mass is 16.7. The Morgan fingerprint density at radius 1 is 1.00 bits per heavy atom. The number of aliphatic hydroxyl groups excluding tert-OH is 1. The lowest BCUT2D eigenvalue weighted by Gasteiger charge is -2.08. The lowest BCUT2D eigenvalue weighted by atomic mass is 10.1. The van der Waals surface area contributed by atoms with Crippen molar-refractivity contribution in [3.05, 3.63) is 64.8 Å². The van der Waals surface area contributed by atoms with E-state index in [0.717, 1.165) is 5.56 Å². The van der Waals surface area contributed by atoms with E-state index in [2.05, 4.69) is 0 Å². The van der Waals surface area contributed by atoms with Gasteiger partial charge < -0.3 is 19.4 Å². The molecule has 2 N–H and O–H groups in total. The van der Waals surface area contributed by atoms with Crippen LogP contribution in [0.25, 0.3) is 22.3 Å². The van der Waals surface area contributed by atoms with Crippen LogP contribution in [0.5, 0.6) is 5.75 Å². The predicted octanol–water partition coefficient (Wildman–Crippen LogP) is 2.11. The topological polar surface area (TPSA) is 79.9 Å². The van der Waals surface area contributed by atoms with Crippen LogP contribution >= 0.6 is 0 Å². The average Bonchev–Trinajstić information content (AvgIpc) is 2.48. The normalized spacial score (nSPS) is 11.0. The van der Waals surface area contributed by atoms with E-state index in [9.17, 15) is 4.79 Å². The molecule has 1 aromatic heterocycles. The zero-order valence-corrected chi connectivity index (χ0v) is 10.9. The third kappa shape index (κ3) is 2.79. The molecule has 0 bridgehead atoms. The summed E-state index contributed by atoms with van der Waals surface area (Å²) in [4.78, 5) is 12.2. The van der Waals surface area contributed by atoms with Crippen molar-refractivity contribution in [3.8, 4) is 17.1 Å². The second-order valence-electron chi connectivity index (χ2n) is 4.44. The van der Waals surface area contributed by atoms with Gasteiger partial charge in [0.05, 0.1) is 5.39 Å². The van der Waals surface area contributed by atoms with E-state index >= 15 is 0 Å². The van der Waals surface area contributed by atoms with Crippen molar-refractivity contribution in [1.82, 2.24) is 0 Å². The van der Waals surface area contributed by atoms with E-state index in [1.165, 1.54) is 18.2 Å². The number of rotatable bonds is 3. The van der Waals surface area contributed by atoms with E-state index in [1.54, 1.807) is 6.07 Å². The fourth-order valence-corrected chi connectivity index (χ4v) is 2.08. The number of benzene rings is 2. The molecule has 0 radical (unpaired) electrons. The van der Waals surface area contributed by atoms with E-state index < -0.39 is 6.48 Å². The molecule has 0 unspecified atom stereocenters. The average molecular weight is 284 g/mol. The molecule has 0 saturated carbocycles. The van der Waals surface area contributed by atoms with Gasteiger partial charge in [0.25, 0.3) is 0 Å². The number of aliphatic hydroxyl groups is 2.